The first-order valence-corrected chi connectivity index (χ1v) is 6.90. The highest BCUT2D eigenvalue weighted by molar-refractivity contribution is 7.11. The van der Waals surface area contributed by atoms with Gasteiger partial charge in [-0.25, -0.2) is 0 Å². The van der Waals surface area contributed by atoms with Crippen LogP contribution in [0.2, 0.25) is 0 Å². The summed E-state index contributed by atoms with van der Waals surface area (Å²) in [6, 6.07) is 12.5. The van der Waals surface area contributed by atoms with Crippen molar-refractivity contribution in [3.8, 4) is 0 Å². The molecule has 3 heteroatoms. The van der Waals surface area contributed by atoms with Crippen molar-refractivity contribution in [2.45, 2.75) is 6.42 Å². The summed E-state index contributed by atoms with van der Waals surface area (Å²) in [7, 11) is 0. The van der Waals surface area contributed by atoms with E-state index < -0.39 is 0 Å². The topological polar surface area (TPSA) is 28.1 Å². The first kappa shape index (κ1) is 11.2. The molecule has 0 aliphatic heterocycles. The van der Waals surface area contributed by atoms with Gasteiger partial charge in [-0.15, -0.1) is 11.3 Å². The monoisotopic (exact) mass is 254 g/mol. The minimum Gasteiger partial charge on any atom is -0.361 e. The van der Waals surface area contributed by atoms with Crippen LogP contribution in [0.4, 0.5) is 0 Å². The fourth-order valence-electron chi connectivity index (χ4n) is 2.04. The Labute approximate surface area is 110 Å². The fourth-order valence-corrected chi connectivity index (χ4v) is 2.65. The molecular formula is C15H14N2S. The van der Waals surface area contributed by atoms with Gasteiger partial charge in [0.2, 0.25) is 0 Å². The number of aliphatic imine (C=N–C) groups is 1. The number of fused-ring (bicyclic) bond motifs is 1. The summed E-state index contributed by atoms with van der Waals surface area (Å²) >= 11 is 1.72. The normalized spacial score (nSPS) is 11.6. The minimum atomic E-state index is 0.833. The van der Waals surface area contributed by atoms with Gasteiger partial charge in [-0.3, -0.25) is 4.99 Å². The molecule has 0 amide bonds. The Morgan fingerprint density at radius 1 is 1.17 bits per heavy atom. The molecule has 0 unspecified atom stereocenters. The third kappa shape index (κ3) is 2.36. The van der Waals surface area contributed by atoms with Gasteiger partial charge in [-0.2, -0.15) is 0 Å². The van der Waals surface area contributed by atoms with Crippen molar-refractivity contribution in [1.29, 1.82) is 0 Å². The van der Waals surface area contributed by atoms with Crippen LogP contribution in [0.15, 0.2) is 53.0 Å². The maximum absolute atomic E-state index is 4.47. The molecule has 3 aromatic rings. The van der Waals surface area contributed by atoms with Gasteiger partial charge < -0.3 is 4.98 Å². The van der Waals surface area contributed by atoms with Crippen LogP contribution >= 0.6 is 11.3 Å². The number of aromatic nitrogens is 1. The summed E-state index contributed by atoms with van der Waals surface area (Å²) in [5.74, 6) is 0. The van der Waals surface area contributed by atoms with Crippen molar-refractivity contribution < 1.29 is 0 Å². The first-order valence-electron chi connectivity index (χ1n) is 6.02. The number of nitrogens with zero attached hydrogens (tertiary/aromatic N) is 1. The van der Waals surface area contributed by atoms with Crippen LogP contribution in [-0.2, 0) is 6.42 Å². The molecule has 2 nitrogen and oxygen atoms in total. The Morgan fingerprint density at radius 3 is 3.00 bits per heavy atom. The van der Waals surface area contributed by atoms with E-state index in [0.717, 1.165) is 13.0 Å². The molecule has 0 radical (unpaired) electrons. The zero-order valence-corrected chi connectivity index (χ0v) is 10.8. The predicted octanol–water partition coefficient (Wildman–Crippen LogP) is 3.89. The zero-order valence-electron chi connectivity index (χ0n) is 9.97. The lowest BCUT2D eigenvalue weighted by molar-refractivity contribution is 0.981. The average molecular weight is 254 g/mol. The SMILES string of the molecule is C(=NCCc1c[nH]c2ccccc12)c1cccs1. The Hall–Kier alpha value is -1.87. The molecule has 0 aliphatic rings. The van der Waals surface area contributed by atoms with Crippen LogP contribution in [0.5, 0.6) is 0 Å². The van der Waals surface area contributed by atoms with Gasteiger partial charge in [-0.1, -0.05) is 24.3 Å². The second kappa shape index (κ2) is 5.19. The lowest BCUT2D eigenvalue weighted by atomic mass is 10.1. The summed E-state index contributed by atoms with van der Waals surface area (Å²) in [6.07, 6.45) is 5.02. The smallest absolute Gasteiger partial charge is 0.0456 e. The molecule has 1 N–H and O–H groups in total. The first-order chi connectivity index (χ1) is 8.93. The van der Waals surface area contributed by atoms with Crippen molar-refractivity contribution in [1.82, 2.24) is 4.98 Å². The van der Waals surface area contributed by atoms with Crippen molar-refractivity contribution in [3.63, 3.8) is 0 Å². The number of nitrogens with one attached hydrogen (secondary N) is 1. The molecule has 0 spiro atoms. The van der Waals surface area contributed by atoms with E-state index in [1.165, 1.54) is 21.3 Å². The highest BCUT2D eigenvalue weighted by Gasteiger charge is 2.01. The molecule has 0 fully saturated rings. The van der Waals surface area contributed by atoms with E-state index in [1.807, 2.05) is 12.3 Å². The molecule has 2 aromatic heterocycles. The summed E-state index contributed by atoms with van der Waals surface area (Å²) in [5.41, 5.74) is 2.55. The second-order valence-corrected chi connectivity index (χ2v) is 5.14. The Morgan fingerprint density at radius 2 is 2.11 bits per heavy atom. The van der Waals surface area contributed by atoms with Crippen molar-refractivity contribution in [3.05, 3.63) is 58.4 Å². The molecule has 0 saturated heterocycles. The molecule has 1 aromatic carbocycles. The number of aromatic amines is 1. The standard InChI is InChI=1S/C15H14N2S/c1-2-6-15-14(5-1)12(10-17-15)7-8-16-11-13-4-3-9-18-13/h1-6,9-11,17H,7-8H2. The Balaban J connectivity index is 1.67. The van der Waals surface area contributed by atoms with Crippen LogP contribution in [0.1, 0.15) is 10.4 Å². The molecule has 2 heterocycles. The molecule has 18 heavy (non-hydrogen) atoms. The van der Waals surface area contributed by atoms with E-state index in [-0.39, 0.29) is 0 Å². The van der Waals surface area contributed by atoms with E-state index in [0.29, 0.717) is 0 Å². The molecule has 0 atom stereocenters. The maximum atomic E-state index is 4.47. The van der Waals surface area contributed by atoms with Crippen molar-refractivity contribution >= 4 is 28.5 Å². The number of hydrogen-bond donors (Lipinski definition) is 1. The van der Waals surface area contributed by atoms with E-state index in [2.05, 4.69) is 51.9 Å². The molecule has 0 bridgehead atoms. The van der Waals surface area contributed by atoms with Crippen molar-refractivity contribution in [2.24, 2.45) is 4.99 Å². The lowest BCUT2D eigenvalue weighted by Gasteiger charge is -1.95. The van der Waals surface area contributed by atoms with Gasteiger partial charge in [0, 0.05) is 34.7 Å². The third-order valence-corrected chi connectivity index (χ3v) is 3.75. The maximum Gasteiger partial charge on any atom is 0.0456 e. The van der Waals surface area contributed by atoms with Crippen LogP contribution < -0.4 is 0 Å². The molecular weight excluding hydrogens is 240 g/mol. The van der Waals surface area contributed by atoms with E-state index in [9.17, 15) is 0 Å². The number of rotatable bonds is 4. The summed E-state index contributed by atoms with van der Waals surface area (Å²) in [4.78, 5) is 8.98. The van der Waals surface area contributed by atoms with E-state index in [1.54, 1.807) is 11.3 Å². The third-order valence-electron chi connectivity index (χ3n) is 2.95. The largest absolute Gasteiger partial charge is 0.361 e. The van der Waals surface area contributed by atoms with Gasteiger partial charge in [0.25, 0.3) is 0 Å². The van der Waals surface area contributed by atoms with E-state index in [4.69, 9.17) is 0 Å². The number of benzene rings is 1. The average Bonchev–Trinajstić information content (AvgIpc) is 3.04. The summed E-state index contributed by atoms with van der Waals surface area (Å²) < 4.78 is 0. The van der Waals surface area contributed by atoms with Crippen molar-refractivity contribution in [2.75, 3.05) is 6.54 Å². The molecule has 0 aliphatic carbocycles. The van der Waals surface area contributed by atoms with E-state index >= 15 is 0 Å². The summed E-state index contributed by atoms with van der Waals surface area (Å²) in [5, 5.41) is 3.38. The quantitative estimate of drug-likeness (QED) is 0.684. The minimum absolute atomic E-state index is 0.833. The number of para-hydroxylation sites is 1. The number of thiophene rings is 1. The highest BCUT2D eigenvalue weighted by Crippen LogP contribution is 2.17. The van der Waals surface area contributed by atoms with Crippen LogP contribution in [0.3, 0.4) is 0 Å². The Bertz CT molecular complexity index is 650. The van der Waals surface area contributed by atoms with Gasteiger partial charge in [0.05, 0.1) is 0 Å². The lowest BCUT2D eigenvalue weighted by Crippen LogP contribution is -1.88. The number of hydrogen-bond acceptors (Lipinski definition) is 2. The number of H-pyrrole nitrogens is 1. The van der Waals surface area contributed by atoms with Gasteiger partial charge in [0.1, 0.15) is 0 Å². The molecule has 3 rings (SSSR count). The molecule has 90 valence electrons. The van der Waals surface area contributed by atoms with Crippen LogP contribution in [0.25, 0.3) is 10.9 Å². The molecule has 0 saturated carbocycles. The van der Waals surface area contributed by atoms with Crippen LogP contribution in [-0.4, -0.2) is 17.7 Å². The van der Waals surface area contributed by atoms with Gasteiger partial charge >= 0.3 is 0 Å². The summed E-state index contributed by atoms with van der Waals surface area (Å²) in [6.45, 7) is 0.833. The zero-order chi connectivity index (χ0) is 12.2. The van der Waals surface area contributed by atoms with Crippen LogP contribution in [0, 0.1) is 0 Å². The Kier molecular flexibility index (Phi) is 3.24. The predicted molar refractivity (Wildman–Crippen MR) is 78.8 cm³/mol. The second-order valence-electron chi connectivity index (χ2n) is 4.16. The van der Waals surface area contributed by atoms with Gasteiger partial charge in [-0.05, 0) is 29.5 Å². The highest BCUT2D eigenvalue weighted by atomic mass is 32.1. The fraction of sp³-hybridized carbons (Fsp3) is 0.133. The van der Waals surface area contributed by atoms with Gasteiger partial charge in [0.15, 0.2) is 0 Å².